The summed E-state index contributed by atoms with van der Waals surface area (Å²) in [6.45, 7) is 0. The summed E-state index contributed by atoms with van der Waals surface area (Å²) >= 11 is 12.7. The number of fused-ring (bicyclic) bond motifs is 1. The monoisotopic (exact) mass is 268 g/mol. The zero-order chi connectivity index (χ0) is 12.1. The second-order valence-electron chi connectivity index (χ2n) is 5.07. The second-order valence-corrected chi connectivity index (χ2v) is 6.40. The van der Waals surface area contributed by atoms with Gasteiger partial charge < -0.3 is 0 Å². The lowest BCUT2D eigenvalue weighted by Gasteiger charge is -2.59. The lowest BCUT2D eigenvalue weighted by atomic mass is 9.49. The molecule has 1 nitrogen and oxygen atoms in total. The first-order valence-electron chi connectivity index (χ1n) is 6.08. The number of Topliss-reactive ketones (excluding diaryl/α,β-unsaturated/α-hetero) is 1. The topological polar surface area (TPSA) is 17.1 Å². The van der Waals surface area contributed by atoms with Crippen molar-refractivity contribution in [2.75, 3.05) is 0 Å². The highest BCUT2D eigenvalue weighted by Crippen LogP contribution is 2.64. The molecule has 3 heteroatoms. The van der Waals surface area contributed by atoms with E-state index >= 15 is 0 Å². The highest BCUT2D eigenvalue weighted by atomic mass is 35.5. The number of hydrogen-bond acceptors (Lipinski definition) is 1. The maximum atomic E-state index is 12.0. The van der Waals surface area contributed by atoms with Crippen molar-refractivity contribution < 1.29 is 4.79 Å². The Morgan fingerprint density at radius 3 is 2.53 bits per heavy atom. The molecule has 2 saturated carbocycles. The summed E-state index contributed by atoms with van der Waals surface area (Å²) in [5.74, 6) is 0.0398. The Kier molecular flexibility index (Phi) is 2.53. The van der Waals surface area contributed by atoms with Crippen molar-refractivity contribution in [1.29, 1.82) is 0 Å². The number of benzene rings is 1. The molecule has 0 N–H and O–H groups in total. The van der Waals surface area contributed by atoms with Gasteiger partial charge in [0.05, 0.1) is 0 Å². The van der Waals surface area contributed by atoms with Crippen LogP contribution in [0.4, 0.5) is 0 Å². The number of carbonyl (C=O) groups is 1. The first-order chi connectivity index (χ1) is 8.11. The van der Waals surface area contributed by atoms with Crippen molar-refractivity contribution in [1.82, 2.24) is 0 Å². The Morgan fingerprint density at radius 2 is 1.82 bits per heavy atom. The molecule has 0 amide bonds. The zero-order valence-electron chi connectivity index (χ0n) is 9.46. The molecule has 2 aliphatic carbocycles. The van der Waals surface area contributed by atoms with Crippen molar-refractivity contribution in [3.05, 3.63) is 35.9 Å². The summed E-state index contributed by atoms with van der Waals surface area (Å²) in [7, 11) is 0. The number of carbonyl (C=O) groups excluding carboxylic acids is 1. The van der Waals surface area contributed by atoms with E-state index in [0.717, 1.165) is 31.2 Å². The second kappa shape index (κ2) is 3.73. The van der Waals surface area contributed by atoms with Crippen LogP contribution in [0.25, 0.3) is 0 Å². The Bertz CT molecular complexity index is 455. The standard InChI is InChI=1S/C14H14Cl2O/c15-14(16)12(17)11-8-4-5-9-13(11,14)10-6-2-1-3-7-10/h1-3,6-7,11H,4-5,8-9H2/t11?,13-/m1/s1. The SMILES string of the molecule is O=C1C2CCCC[C@]2(c2ccccc2)C1(Cl)Cl. The van der Waals surface area contributed by atoms with Gasteiger partial charge in [-0.3, -0.25) is 4.79 Å². The highest BCUT2D eigenvalue weighted by Gasteiger charge is 2.71. The Morgan fingerprint density at radius 1 is 1.12 bits per heavy atom. The van der Waals surface area contributed by atoms with Crippen LogP contribution >= 0.6 is 23.2 Å². The van der Waals surface area contributed by atoms with Gasteiger partial charge in [0.25, 0.3) is 0 Å². The van der Waals surface area contributed by atoms with Gasteiger partial charge in [-0.15, -0.1) is 0 Å². The lowest BCUT2D eigenvalue weighted by molar-refractivity contribution is -0.141. The van der Waals surface area contributed by atoms with Crippen LogP contribution in [0.15, 0.2) is 30.3 Å². The van der Waals surface area contributed by atoms with Crippen molar-refractivity contribution in [3.8, 4) is 0 Å². The van der Waals surface area contributed by atoms with Crippen molar-refractivity contribution in [3.63, 3.8) is 0 Å². The third-order valence-corrected chi connectivity index (χ3v) is 5.43. The fourth-order valence-corrected chi connectivity index (χ4v) is 4.46. The molecule has 3 rings (SSSR count). The number of alkyl halides is 2. The molecular formula is C14H14Cl2O. The molecule has 17 heavy (non-hydrogen) atoms. The van der Waals surface area contributed by atoms with Crippen LogP contribution in [0.5, 0.6) is 0 Å². The van der Waals surface area contributed by atoms with Gasteiger partial charge in [-0.25, -0.2) is 0 Å². The molecule has 1 aromatic carbocycles. The third kappa shape index (κ3) is 1.30. The van der Waals surface area contributed by atoms with Crippen LogP contribution in [0, 0.1) is 5.92 Å². The van der Waals surface area contributed by atoms with Crippen LogP contribution in [0.3, 0.4) is 0 Å². The van der Waals surface area contributed by atoms with Crippen molar-refractivity contribution in [2.45, 2.75) is 35.4 Å². The minimum atomic E-state index is -1.22. The van der Waals surface area contributed by atoms with Gasteiger partial charge in [0.1, 0.15) is 0 Å². The Hall–Kier alpha value is -0.530. The minimum Gasteiger partial charge on any atom is -0.296 e. The highest BCUT2D eigenvalue weighted by molar-refractivity contribution is 6.62. The summed E-state index contributed by atoms with van der Waals surface area (Å²) in [4.78, 5) is 12.0. The molecule has 0 bridgehead atoms. The maximum absolute atomic E-state index is 12.0. The zero-order valence-corrected chi connectivity index (χ0v) is 11.0. The van der Waals surface area contributed by atoms with E-state index in [4.69, 9.17) is 23.2 Å². The molecule has 90 valence electrons. The summed E-state index contributed by atoms with van der Waals surface area (Å²) in [5.41, 5.74) is 0.779. The summed E-state index contributed by atoms with van der Waals surface area (Å²) in [6, 6.07) is 10.0. The van der Waals surface area contributed by atoms with Crippen LogP contribution in [0.2, 0.25) is 0 Å². The lowest BCUT2D eigenvalue weighted by Crippen LogP contribution is -2.69. The fourth-order valence-electron chi connectivity index (χ4n) is 3.53. The number of rotatable bonds is 1. The molecule has 0 radical (unpaired) electrons. The molecule has 2 aliphatic rings. The Labute approximate surface area is 111 Å². The van der Waals surface area contributed by atoms with Gasteiger partial charge >= 0.3 is 0 Å². The summed E-state index contributed by atoms with van der Waals surface area (Å²) in [6.07, 6.45) is 4.05. The minimum absolute atomic E-state index is 0.0180. The molecular weight excluding hydrogens is 255 g/mol. The maximum Gasteiger partial charge on any atom is 0.186 e. The van der Waals surface area contributed by atoms with Crippen molar-refractivity contribution in [2.24, 2.45) is 5.92 Å². The van der Waals surface area contributed by atoms with Gasteiger partial charge in [-0.05, 0) is 18.4 Å². The van der Waals surface area contributed by atoms with E-state index in [1.807, 2.05) is 30.3 Å². The van der Waals surface area contributed by atoms with E-state index in [2.05, 4.69) is 0 Å². The van der Waals surface area contributed by atoms with Crippen LogP contribution in [-0.2, 0) is 10.2 Å². The van der Waals surface area contributed by atoms with Gasteiger partial charge in [0.15, 0.2) is 10.1 Å². The molecule has 0 aromatic heterocycles. The normalized spacial score (nSPS) is 34.9. The molecule has 0 saturated heterocycles. The predicted molar refractivity (Wildman–Crippen MR) is 69.5 cm³/mol. The number of halogens is 2. The van der Waals surface area contributed by atoms with Crippen LogP contribution in [-0.4, -0.2) is 10.1 Å². The molecule has 0 aliphatic heterocycles. The molecule has 1 aromatic rings. The van der Waals surface area contributed by atoms with Gasteiger partial charge in [0.2, 0.25) is 0 Å². The van der Waals surface area contributed by atoms with Gasteiger partial charge in [-0.2, -0.15) is 0 Å². The molecule has 0 heterocycles. The first-order valence-corrected chi connectivity index (χ1v) is 6.84. The summed E-state index contributed by atoms with van der Waals surface area (Å²) < 4.78 is -1.22. The van der Waals surface area contributed by atoms with E-state index in [0.29, 0.717) is 0 Å². The van der Waals surface area contributed by atoms with Crippen molar-refractivity contribution >= 4 is 29.0 Å². The third-order valence-electron chi connectivity index (χ3n) is 4.38. The predicted octanol–water partition coefficient (Wildman–Crippen LogP) is 3.87. The molecule has 2 fully saturated rings. The fraction of sp³-hybridized carbons (Fsp3) is 0.500. The van der Waals surface area contributed by atoms with E-state index in [9.17, 15) is 4.79 Å². The van der Waals surface area contributed by atoms with E-state index in [-0.39, 0.29) is 17.1 Å². The number of ketones is 1. The average Bonchev–Trinajstić information content (AvgIpc) is 2.38. The van der Waals surface area contributed by atoms with Crippen LogP contribution < -0.4 is 0 Å². The molecule has 2 atom stereocenters. The van der Waals surface area contributed by atoms with E-state index in [1.54, 1.807) is 0 Å². The number of hydrogen-bond donors (Lipinski definition) is 0. The average molecular weight is 269 g/mol. The van der Waals surface area contributed by atoms with E-state index in [1.165, 1.54) is 0 Å². The molecule has 0 spiro atoms. The first kappa shape index (κ1) is 11.6. The quantitative estimate of drug-likeness (QED) is 0.707. The van der Waals surface area contributed by atoms with E-state index < -0.39 is 4.33 Å². The van der Waals surface area contributed by atoms with Crippen LogP contribution in [0.1, 0.15) is 31.2 Å². The van der Waals surface area contributed by atoms with Gasteiger partial charge in [0, 0.05) is 11.3 Å². The Balaban J connectivity index is 2.12. The largest absolute Gasteiger partial charge is 0.296 e. The van der Waals surface area contributed by atoms with Gasteiger partial charge in [-0.1, -0.05) is 66.4 Å². The summed E-state index contributed by atoms with van der Waals surface area (Å²) in [5, 5.41) is 0. The smallest absolute Gasteiger partial charge is 0.186 e. The molecule has 1 unspecified atom stereocenters.